The first-order valence-corrected chi connectivity index (χ1v) is 13.5. The van der Waals surface area contributed by atoms with Crippen molar-refractivity contribution in [2.24, 2.45) is 0 Å². The molecule has 0 saturated heterocycles. The van der Waals surface area contributed by atoms with Crippen LogP contribution in [0.3, 0.4) is 0 Å². The van der Waals surface area contributed by atoms with Crippen LogP contribution in [-0.2, 0) is 24.2 Å². The minimum atomic E-state index is -0.923. The van der Waals surface area contributed by atoms with Gasteiger partial charge in [-0.05, 0) is 44.4 Å². The number of hydrogen-bond donors (Lipinski definition) is 1. The van der Waals surface area contributed by atoms with Crippen molar-refractivity contribution in [2.75, 3.05) is 11.4 Å². The van der Waals surface area contributed by atoms with Crippen LogP contribution in [0.5, 0.6) is 0 Å². The van der Waals surface area contributed by atoms with E-state index in [9.17, 15) is 9.90 Å². The van der Waals surface area contributed by atoms with Gasteiger partial charge in [0.2, 0.25) is 5.95 Å². The highest BCUT2D eigenvalue weighted by atomic mass is 32.2. The summed E-state index contributed by atoms with van der Waals surface area (Å²) in [5, 5.41) is 16.0. The maximum atomic E-state index is 11.5. The molecule has 0 aliphatic rings. The first-order chi connectivity index (χ1) is 17.2. The molecular weight excluding hydrogens is 492 g/mol. The van der Waals surface area contributed by atoms with Crippen LogP contribution < -0.4 is 4.90 Å². The molecule has 3 aromatic heterocycles. The smallest absolute Gasteiger partial charge is 0.319 e. The summed E-state index contributed by atoms with van der Waals surface area (Å²) in [7, 11) is 0. The van der Waals surface area contributed by atoms with E-state index < -0.39 is 10.7 Å². The maximum absolute atomic E-state index is 11.5. The van der Waals surface area contributed by atoms with E-state index in [4.69, 9.17) is 0 Å². The van der Waals surface area contributed by atoms with Gasteiger partial charge in [-0.2, -0.15) is 5.10 Å². The lowest BCUT2D eigenvalue weighted by Crippen LogP contribution is -2.27. The van der Waals surface area contributed by atoms with Gasteiger partial charge in [-0.25, -0.2) is 19.6 Å². The fraction of sp³-hybridized carbons (Fsp3) is 0.346. The standard InChI is InChI=1S/C26H30N6O2S2/c1-5-19-12-27-24(28-13-19)31(11-10-21-17-35-25(30-21)36-26(3,4)23(33)34)15-20-14-29-32(16-20)22-9-7-6-8-18(22)2/h6-9,12-14,16-17H,5,10-11,15H2,1-4H3,(H,33,34). The number of aromatic nitrogens is 5. The molecule has 36 heavy (non-hydrogen) atoms. The summed E-state index contributed by atoms with van der Waals surface area (Å²) in [6, 6.07) is 8.16. The van der Waals surface area contributed by atoms with Crippen LogP contribution in [0.15, 0.2) is 58.8 Å². The van der Waals surface area contributed by atoms with E-state index in [1.54, 1.807) is 13.8 Å². The highest BCUT2D eigenvalue weighted by Crippen LogP contribution is 2.34. The summed E-state index contributed by atoms with van der Waals surface area (Å²) in [5.74, 6) is -0.193. The summed E-state index contributed by atoms with van der Waals surface area (Å²) < 4.78 is 1.73. The quantitative estimate of drug-likeness (QED) is 0.269. The zero-order valence-electron chi connectivity index (χ0n) is 20.9. The van der Waals surface area contributed by atoms with Crippen LogP contribution in [0, 0.1) is 6.92 Å². The van der Waals surface area contributed by atoms with Gasteiger partial charge in [0.15, 0.2) is 4.34 Å². The predicted molar refractivity (Wildman–Crippen MR) is 144 cm³/mol. The van der Waals surface area contributed by atoms with Crippen LogP contribution in [0.2, 0.25) is 0 Å². The Labute approximate surface area is 219 Å². The van der Waals surface area contributed by atoms with Crippen molar-refractivity contribution in [2.45, 2.75) is 56.2 Å². The molecule has 0 unspecified atom stereocenters. The second-order valence-corrected chi connectivity index (χ2v) is 11.7. The number of carboxylic acid groups (broad SMARTS) is 1. The number of aliphatic carboxylic acids is 1. The number of hydrogen-bond acceptors (Lipinski definition) is 8. The molecule has 1 aromatic carbocycles. The number of anilines is 1. The van der Waals surface area contributed by atoms with Crippen molar-refractivity contribution in [1.82, 2.24) is 24.7 Å². The molecule has 0 spiro atoms. The van der Waals surface area contributed by atoms with Crippen LogP contribution in [-0.4, -0.2) is 47.1 Å². The summed E-state index contributed by atoms with van der Waals surface area (Å²) in [4.78, 5) is 27.5. The van der Waals surface area contributed by atoms with Gasteiger partial charge in [0.05, 0.1) is 17.6 Å². The summed E-state index contributed by atoms with van der Waals surface area (Å²) in [6.07, 6.45) is 9.24. The van der Waals surface area contributed by atoms with Crippen LogP contribution in [0.4, 0.5) is 5.95 Å². The lowest BCUT2D eigenvalue weighted by atomic mass is 10.2. The highest BCUT2D eigenvalue weighted by Gasteiger charge is 2.29. The Morgan fingerprint density at radius 3 is 2.61 bits per heavy atom. The molecule has 8 nitrogen and oxygen atoms in total. The summed E-state index contributed by atoms with van der Waals surface area (Å²) in [6.45, 7) is 8.81. The topological polar surface area (TPSA) is 97.0 Å². The number of aryl methyl sites for hydroxylation is 2. The van der Waals surface area contributed by atoms with E-state index in [-0.39, 0.29) is 0 Å². The molecule has 0 fully saturated rings. The van der Waals surface area contributed by atoms with E-state index in [0.717, 1.165) is 38.8 Å². The van der Waals surface area contributed by atoms with E-state index in [2.05, 4.69) is 50.9 Å². The largest absolute Gasteiger partial charge is 0.480 e. The second-order valence-electron chi connectivity index (χ2n) is 9.02. The number of nitrogens with zero attached hydrogens (tertiary/aromatic N) is 6. The molecule has 0 saturated carbocycles. The predicted octanol–water partition coefficient (Wildman–Crippen LogP) is 5.19. The van der Waals surface area contributed by atoms with E-state index in [0.29, 0.717) is 25.5 Å². The number of carbonyl (C=O) groups is 1. The van der Waals surface area contributed by atoms with E-state index in [1.165, 1.54) is 23.1 Å². The van der Waals surface area contributed by atoms with Crippen molar-refractivity contribution in [3.63, 3.8) is 0 Å². The third kappa shape index (κ3) is 6.30. The fourth-order valence-corrected chi connectivity index (χ4v) is 5.75. The summed E-state index contributed by atoms with van der Waals surface area (Å²) in [5.41, 5.74) is 5.28. The number of rotatable bonds is 11. The van der Waals surface area contributed by atoms with Crippen LogP contribution in [0.25, 0.3) is 5.69 Å². The van der Waals surface area contributed by atoms with Crippen molar-refractivity contribution < 1.29 is 9.90 Å². The lowest BCUT2D eigenvalue weighted by Gasteiger charge is -2.21. The Morgan fingerprint density at radius 2 is 1.92 bits per heavy atom. The van der Waals surface area contributed by atoms with E-state index >= 15 is 0 Å². The molecule has 0 bridgehead atoms. The third-order valence-corrected chi connectivity index (χ3v) is 7.95. The number of carboxylic acids is 1. The number of thiazole rings is 1. The minimum absolute atomic E-state index is 0.606. The van der Waals surface area contributed by atoms with Gasteiger partial charge in [-0.1, -0.05) is 36.9 Å². The molecule has 0 amide bonds. The molecule has 3 heterocycles. The third-order valence-electron chi connectivity index (χ3n) is 5.78. The maximum Gasteiger partial charge on any atom is 0.319 e. The Morgan fingerprint density at radius 1 is 1.17 bits per heavy atom. The van der Waals surface area contributed by atoms with Gasteiger partial charge in [-0.3, -0.25) is 4.79 Å². The summed E-state index contributed by atoms with van der Waals surface area (Å²) >= 11 is 2.75. The Balaban J connectivity index is 1.50. The van der Waals surface area contributed by atoms with Crippen LogP contribution >= 0.6 is 23.1 Å². The molecule has 0 atom stereocenters. The monoisotopic (exact) mass is 522 g/mol. The van der Waals surface area contributed by atoms with Crippen molar-refractivity contribution >= 4 is 35.0 Å². The number of benzene rings is 1. The lowest BCUT2D eigenvalue weighted by molar-refractivity contribution is -0.138. The van der Waals surface area contributed by atoms with E-state index in [1.807, 2.05) is 47.0 Å². The van der Waals surface area contributed by atoms with Crippen molar-refractivity contribution in [3.8, 4) is 5.69 Å². The molecular formula is C26H30N6O2S2. The molecule has 188 valence electrons. The Kier molecular flexibility index (Phi) is 8.05. The number of para-hydroxylation sites is 1. The minimum Gasteiger partial charge on any atom is -0.480 e. The first-order valence-electron chi connectivity index (χ1n) is 11.8. The van der Waals surface area contributed by atoms with Gasteiger partial charge in [-0.15, -0.1) is 11.3 Å². The molecule has 0 radical (unpaired) electrons. The van der Waals surface area contributed by atoms with Gasteiger partial charge in [0, 0.05) is 49.0 Å². The first kappa shape index (κ1) is 25.8. The molecule has 1 N–H and O–H groups in total. The zero-order chi connectivity index (χ0) is 25.7. The number of thioether (sulfide) groups is 1. The SMILES string of the molecule is CCc1cnc(N(CCc2csc(SC(C)(C)C(=O)O)n2)Cc2cnn(-c3ccccc3C)c2)nc1. The van der Waals surface area contributed by atoms with Gasteiger partial charge >= 0.3 is 5.97 Å². The molecule has 4 rings (SSSR count). The molecule has 4 aromatic rings. The van der Waals surface area contributed by atoms with Gasteiger partial charge in [0.25, 0.3) is 0 Å². The van der Waals surface area contributed by atoms with Crippen molar-refractivity contribution in [3.05, 3.63) is 76.8 Å². The molecule has 10 heteroatoms. The molecule has 0 aliphatic heterocycles. The van der Waals surface area contributed by atoms with Crippen LogP contribution in [0.1, 0.15) is 43.2 Å². The normalized spacial score (nSPS) is 11.6. The fourth-order valence-electron chi connectivity index (χ4n) is 3.52. The average Bonchev–Trinajstić information content (AvgIpc) is 3.51. The molecule has 0 aliphatic carbocycles. The van der Waals surface area contributed by atoms with Gasteiger partial charge in [0.1, 0.15) is 4.75 Å². The Hall–Kier alpha value is -3.24. The zero-order valence-corrected chi connectivity index (χ0v) is 22.5. The van der Waals surface area contributed by atoms with Crippen molar-refractivity contribution in [1.29, 1.82) is 0 Å². The second kappa shape index (κ2) is 11.2. The highest BCUT2D eigenvalue weighted by molar-refractivity contribution is 8.03. The average molecular weight is 523 g/mol. The van der Waals surface area contributed by atoms with Gasteiger partial charge < -0.3 is 10.0 Å². The Bertz CT molecular complexity index is 1320.